The molecule has 0 saturated heterocycles. The van der Waals surface area contributed by atoms with Crippen LogP contribution < -0.4 is 5.32 Å². The molecule has 1 heterocycles. The van der Waals surface area contributed by atoms with Gasteiger partial charge in [0.1, 0.15) is 0 Å². The molecule has 4 heteroatoms. The molecule has 4 nitrogen and oxygen atoms in total. The molecule has 1 aromatic rings. The number of aromatic nitrogens is 2. The van der Waals surface area contributed by atoms with Gasteiger partial charge in [-0.05, 0) is 13.0 Å². The van der Waals surface area contributed by atoms with Gasteiger partial charge in [0.15, 0.2) is 0 Å². The van der Waals surface area contributed by atoms with Gasteiger partial charge in [-0.1, -0.05) is 0 Å². The monoisotopic (exact) mass is 169 g/mol. The third-order valence-corrected chi connectivity index (χ3v) is 1.62. The third-order valence-electron chi connectivity index (χ3n) is 1.62. The normalized spacial score (nSPS) is 10.4. The summed E-state index contributed by atoms with van der Waals surface area (Å²) in [5.74, 6) is 0. The summed E-state index contributed by atoms with van der Waals surface area (Å²) in [7, 11) is 0. The fourth-order valence-electron chi connectivity index (χ4n) is 0.956. The molecule has 0 radical (unpaired) electrons. The number of hydrogen-bond donors (Lipinski definition) is 2. The highest BCUT2D eigenvalue weighted by Crippen LogP contribution is 1.83. The lowest BCUT2D eigenvalue weighted by Gasteiger charge is -2.03. The number of rotatable bonds is 6. The number of imidazole rings is 1. The molecule has 0 aliphatic heterocycles. The largest absolute Gasteiger partial charge is 0.396 e. The van der Waals surface area contributed by atoms with Gasteiger partial charge in [-0.15, -0.1) is 0 Å². The second-order valence-corrected chi connectivity index (χ2v) is 2.63. The minimum Gasteiger partial charge on any atom is -0.396 e. The average Bonchev–Trinajstić information content (AvgIpc) is 2.57. The molecule has 1 rings (SSSR count). The highest BCUT2D eigenvalue weighted by molar-refractivity contribution is 4.73. The van der Waals surface area contributed by atoms with Crippen molar-refractivity contribution < 1.29 is 5.11 Å². The second kappa shape index (κ2) is 5.74. The van der Waals surface area contributed by atoms with Gasteiger partial charge in [0.25, 0.3) is 0 Å². The first-order valence-electron chi connectivity index (χ1n) is 4.21. The van der Waals surface area contributed by atoms with E-state index in [1.165, 1.54) is 0 Å². The van der Waals surface area contributed by atoms with E-state index in [4.69, 9.17) is 5.11 Å². The number of hydrogen-bond acceptors (Lipinski definition) is 3. The topological polar surface area (TPSA) is 50.1 Å². The first-order chi connectivity index (χ1) is 5.93. The van der Waals surface area contributed by atoms with Gasteiger partial charge in [-0.3, -0.25) is 0 Å². The van der Waals surface area contributed by atoms with Crippen LogP contribution in [0.1, 0.15) is 6.42 Å². The lowest BCUT2D eigenvalue weighted by Crippen LogP contribution is -2.21. The maximum Gasteiger partial charge on any atom is 0.0946 e. The van der Waals surface area contributed by atoms with Gasteiger partial charge in [0.2, 0.25) is 0 Å². The van der Waals surface area contributed by atoms with Crippen LogP contribution in [-0.2, 0) is 6.54 Å². The van der Waals surface area contributed by atoms with Crippen molar-refractivity contribution in [1.29, 1.82) is 0 Å². The van der Waals surface area contributed by atoms with Crippen LogP contribution in [0.25, 0.3) is 0 Å². The molecular formula is C8H15N3O. The summed E-state index contributed by atoms with van der Waals surface area (Å²) in [6, 6.07) is 0. The molecule has 0 fully saturated rings. The number of nitrogens with one attached hydrogen (secondary N) is 1. The fraction of sp³-hybridized carbons (Fsp3) is 0.625. The molecule has 68 valence electrons. The Hall–Kier alpha value is -0.870. The van der Waals surface area contributed by atoms with Crippen LogP contribution >= 0.6 is 0 Å². The third kappa shape index (κ3) is 3.50. The Morgan fingerprint density at radius 3 is 3.00 bits per heavy atom. The quantitative estimate of drug-likeness (QED) is 0.582. The van der Waals surface area contributed by atoms with Crippen molar-refractivity contribution >= 4 is 0 Å². The van der Waals surface area contributed by atoms with Crippen LogP contribution in [0.2, 0.25) is 0 Å². The zero-order valence-electron chi connectivity index (χ0n) is 7.11. The summed E-state index contributed by atoms with van der Waals surface area (Å²) in [5.41, 5.74) is 0. The molecule has 12 heavy (non-hydrogen) atoms. The van der Waals surface area contributed by atoms with Gasteiger partial charge >= 0.3 is 0 Å². The minimum absolute atomic E-state index is 0.262. The van der Waals surface area contributed by atoms with Crippen LogP contribution in [0.15, 0.2) is 18.7 Å². The first-order valence-corrected chi connectivity index (χ1v) is 4.21. The van der Waals surface area contributed by atoms with Crippen molar-refractivity contribution in [2.75, 3.05) is 19.7 Å². The Morgan fingerprint density at radius 2 is 2.33 bits per heavy atom. The molecule has 1 aromatic heterocycles. The predicted molar refractivity (Wildman–Crippen MR) is 46.8 cm³/mol. The minimum atomic E-state index is 0.262. The predicted octanol–water partition coefficient (Wildman–Crippen LogP) is -0.145. The molecule has 0 unspecified atom stereocenters. The first kappa shape index (κ1) is 9.22. The Balaban J connectivity index is 1.96. The number of aliphatic hydroxyl groups excluding tert-OH is 1. The van der Waals surface area contributed by atoms with Crippen LogP contribution in [0.5, 0.6) is 0 Å². The van der Waals surface area contributed by atoms with Crippen molar-refractivity contribution in [3.05, 3.63) is 18.7 Å². The van der Waals surface area contributed by atoms with E-state index in [1.54, 1.807) is 12.5 Å². The summed E-state index contributed by atoms with van der Waals surface area (Å²) in [5, 5.41) is 11.7. The maximum absolute atomic E-state index is 8.49. The average molecular weight is 169 g/mol. The molecule has 0 aromatic carbocycles. The Kier molecular flexibility index (Phi) is 4.41. The molecule has 2 N–H and O–H groups in total. The Bertz CT molecular complexity index is 186. The highest BCUT2D eigenvalue weighted by Gasteiger charge is 1.88. The molecule has 0 amide bonds. The molecule has 0 bridgehead atoms. The zero-order valence-corrected chi connectivity index (χ0v) is 7.11. The lowest BCUT2D eigenvalue weighted by atomic mass is 10.4. The number of aliphatic hydroxyl groups is 1. The van der Waals surface area contributed by atoms with E-state index in [0.717, 1.165) is 26.1 Å². The fourth-order valence-corrected chi connectivity index (χ4v) is 0.956. The van der Waals surface area contributed by atoms with E-state index in [2.05, 4.69) is 10.3 Å². The van der Waals surface area contributed by atoms with Crippen molar-refractivity contribution in [2.24, 2.45) is 0 Å². The molecule has 0 saturated carbocycles. The smallest absolute Gasteiger partial charge is 0.0946 e. The zero-order chi connectivity index (χ0) is 8.65. The second-order valence-electron chi connectivity index (χ2n) is 2.63. The van der Waals surface area contributed by atoms with Crippen molar-refractivity contribution in [1.82, 2.24) is 14.9 Å². The van der Waals surface area contributed by atoms with Crippen molar-refractivity contribution in [2.45, 2.75) is 13.0 Å². The van der Waals surface area contributed by atoms with Gasteiger partial charge in [0, 0.05) is 32.1 Å². The van der Waals surface area contributed by atoms with Gasteiger partial charge in [-0.25, -0.2) is 4.98 Å². The van der Waals surface area contributed by atoms with Gasteiger partial charge < -0.3 is 15.0 Å². The van der Waals surface area contributed by atoms with Crippen LogP contribution in [0.3, 0.4) is 0 Å². The summed E-state index contributed by atoms with van der Waals surface area (Å²) < 4.78 is 2.02. The molecule has 0 aliphatic carbocycles. The SMILES string of the molecule is OCCCNCCn1ccnc1. The Morgan fingerprint density at radius 1 is 1.42 bits per heavy atom. The van der Waals surface area contributed by atoms with E-state index in [0.29, 0.717) is 0 Å². The lowest BCUT2D eigenvalue weighted by molar-refractivity contribution is 0.286. The molecule has 0 spiro atoms. The molecule has 0 aliphatic rings. The maximum atomic E-state index is 8.49. The van der Waals surface area contributed by atoms with E-state index >= 15 is 0 Å². The van der Waals surface area contributed by atoms with Crippen LogP contribution in [0, 0.1) is 0 Å². The summed E-state index contributed by atoms with van der Waals surface area (Å²) in [6.07, 6.45) is 6.33. The number of nitrogens with zero attached hydrogens (tertiary/aromatic N) is 2. The van der Waals surface area contributed by atoms with Crippen LogP contribution in [0.4, 0.5) is 0 Å². The van der Waals surface area contributed by atoms with E-state index in [-0.39, 0.29) is 6.61 Å². The summed E-state index contributed by atoms with van der Waals surface area (Å²) >= 11 is 0. The van der Waals surface area contributed by atoms with Gasteiger partial charge in [0.05, 0.1) is 6.33 Å². The van der Waals surface area contributed by atoms with Crippen LogP contribution in [-0.4, -0.2) is 34.4 Å². The van der Waals surface area contributed by atoms with Gasteiger partial charge in [-0.2, -0.15) is 0 Å². The highest BCUT2D eigenvalue weighted by atomic mass is 16.3. The van der Waals surface area contributed by atoms with E-state index in [9.17, 15) is 0 Å². The molecule has 0 atom stereocenters. The molecular weight excluding hydrogens is 154 g/mol. The summed E-state index contributed by atoms with van der Waals surface area (Å²) in [6.45, 7) is 3.01. The standard InChI is InChI=1S/C8H15N3O/c12-7-1-2-9-3-5-11-6-4-10-8-11/h4,6,8-9,12H,1-3,5,7H2. The summed E-state index contributed by atoms with van der Waals surface area (Å²) in [4.78, 5) is 3.93. The Labute approximate surface area is 72.2 Å². The van der Waals surface area contributed by atoms with Crippen molar-refractivity contribution in [3.63, 3.8) is 0 Å². The van der Waals surface area contributed by atoms with E-state index < -0.39 is 0 Å². The van der Waals surface area contributed by atoms with Crippen molar-refractivity contribution in [3.8, 4) is 0 Å². The van der Waals surface area contributed by atoms with E-state index in [1.807, 2.05) is 10.8 Å².